The molecule has 0 aliphatic carbocycles. The molecule has 9 nitrogen and oxygen atoms in total. The quantitative estimate of drug-likeness (QED) is 0.383. The van der Waals surface area contributed by atoms with Crippen molar-refractivity contribution in [3.8, 4) is 0 Å². The topological polar surface area (TPSA) is 103 Å². The van der Waals surface area contributed by atoms with Crippen molar-refractivity contribution in [2.45, 2.75) is 84.3 Å². The lowest BCUT2D eigenvalue weighted by Crippen LogP contribution is -2.52. The minimum absolute atomic E-state index is 0.182. The lowest BCUT2D eigenvalue weighted by atomic mass is 9.95. The molecule has 1 unspecified atom stereocenters. The van der Waals surface area contributed by atoms with Gasteiger partial charge in [0.2, 0.25) is 5.91 Å². The Balaban J connectivity index is 2.25. The highest BCUT2D eigenvalue weighted by Crippen LogP contribution is 2.53. The van der Waals surface area contributed by atoms with E-state index in [9.17, 15) is 14.2 Å². The average Bonchev–Trinajstić information content (AvgIpc) is 3.28. The molecule has 2 amide bonds. The third kappa shape index (κ3) is 8.30. The Labute approximate surface area is 215 Å². The van der Waals surface area contributed by atoms with Crippen molar-refractivity contribution in [1.29, 1.82) is 0 Å². The number of carbonyl (C=O) groups is 2. The summed E-state index contributed by atoms with van der Waals surface area (Å²) < 4.78 is 36.2. The van der Waals surface area contributed by atoms with Crippen LogP contribution in [0.15, 0.2) is 30.3 Å². The lowest BCUT2D eigenvalue weighted by molar-refractivity contribution is -0.131. The summed E-state index contributed by atoms with van der Waals surface area (Å²) in [5, 5.41) is 2.93. The van der Waals surface area contributed by atoms with Crippen molar-refractivity contribution in [2.75, 3.05) is 26.9 Å². The Morgan fingerprint density at radius 1 is 1.14 bits per heavy atom. The number of nitrogens with one attached hydrogen (secondary N) is 1. The SMILES string of the molecule is CCOP(=O)(OCC)C(Cc1ccccc1)NC(=O)[C@@H](C)[C@@H](OC)[C@@H]1CCCN1C(=O)OC(C)(C)C. The molecule has 2 rings (SSSR count). The van der Waals surface area contributed by atoms with Gasteiger partial charge in [-0.25, -0.2) is 4.79 Å². The van der Waals surface area contributed by atoms with E-state index in [0.717, 1.165) is 12.0 Å². The fourth-order valence-electron chi connectivity index (χ4n) is 4.48. The summed E-state index contributed by atoms with van der Waals surface area (Å²) in [5.74, 6) is -1.87. The molecular weight excluding hydrogens is 483 g/mol. The van der Waals surface area contributed by atoms with Crippen LogP contribution in [-0.4, -0.2) is 67.3 Å². The largest absolute Gasteiger partial charge is 0.444 e. The van der Waals surface area contributed by atoms with Gasteiger partial charge in [0, 0.05) is 20.1 Å². The van der Waals surface area contributed by atoms with Crippen molar-refractivity contribution in [1.82, 2.24) is 10.2 Å². The molecule has 4 atom stereocenters. The number of carbonyl (C=O) groups excluding carboxylic acids is 2. The summed E-state index contributed by atoms with van der Waals surface area (Å²) in [6, 6.07) is 9.15. The van der Waals surface area contributed by atoms with E-state index < -0.39 is 37.1 Å². The Hall–Kier alpha value is -1.93. The van der Waals surface area contributed by atoms with Crippen LogP contribution < -0.4 is 5.32 Å². The van der Waals surface area contributed by atoms with Gasteiger partial charge in [0.15, 0.2) is 0 Å². The second-order valence-electron chi connectivity index (χ2n) is 9.96. The molecule has 0 saturated carbocycles. The van der Waals surface area contributed by atoms with E-state index in [2.05, 4.69) is 5.32 Å². The van der Waals surface area contributed by atoms with E-state index in [1.807, 2.05) is 51.1 Å². The highest BCUT2D eigenvalue weighted by molar-refractivity contribution is 7.54. The molecule has 0 bridgehead atoms. The normalized spacial score (nSPS) is 19.0. The van der Waals surface area contributed by atoms with Crippen molar-refractivity contribution >= 4 is 19.6 Å². The van der Waals surface area contributed by atoms with E-state index in [0.29, 0.717) is 13.0 Å². The highest BCUT2D eigenvalue weighted by atomic mass is 31.2. The molecule has 204 valence electrons. The lowest BCUT2D eigenvalue weighted by Gasteiger charge is -2.35. The van der Waals surface area contributed by atoms with Crippen molar-refractivity contribution in [3.05, 3.63) is 35.9 Å². The number of ether oxygens (including phenoxy) is 2. The molecule has 1 aliphatic heterocycles. The number of methoxy groups -OCH3 is 1. The average molecular weight is 527 g/mol. The van der Waals surface area contributed by atoms with Crippen LogP contribution >= 0.6 is 7.60 Å². The van der Waals surface area contributed by atoms with Crippen LogP contribution in [-0.2, 0) is 34.3 Å². The van der Waals surface area contributed by atoms with Gasteiger partial charge in [0.25, 0.3) is 0 Å². The molecular formula is C26H43N2O7P. The van der Waals surface area contributed by atoms with Gasteiger partial charge in [-0.2, -0.15) is 0 Å². The standard InChI is InChI=1S/C26H43N2O7P/c1-8-33-36(31,34-9-2)22(18-20-14-11-10-12-15-20)27-24(29)19(3)23(32-7)21-16-13-17-28(21)25(30)35-26(4,5)6/h10-12,14-15,19,21-23H,8-9,13,16-18H2,1-7H3,(H,27,29)/t19-,21-,22?,23+/m0/s1. The summed E-state index contributed by atoms with van der Waals surface area (Å²) in [6.45, 7) is 11.6. The first-order chi connectivity index (χ1) is 17.0. The summed E-state index contributed by atoms with van der Waals surface area (Å²) in [6.07, 6.45) is 0.772. The van der Waals surface area contributed by atoms with Gasteiger partial charge in [-0.05, 0) is 53.0 Å². The number of hydrogen-bond donors (Lipinski definition) is 1. The van der Waals surface area contributed by atoms with E-state index in [1.165, 1.54) is 7.11 Å². The number of nitrogens with zero attached hydrogens (tertiary/aromatic N) is 1. The predicted octanol–water partition coefficient (Wildman–Crippen LogP) is 4.99. The minimum Gasteiger partial charge on any atom is -0.444 e. The first-order valence-electron chi connectivity index (χ1n) is 12.7. The van der Waals surface area contributed by atoms with Gasteiger partial charge in [0.05, 0.1) is 31.3 Å². The van der Waals surface area contributed by atoms with Gasteiger partial charge in [-0.15, -0.1) is 0 Å². The molecule has 1 aromatic rings. The molecule has 1 fully saturated rings. The van der Waals surface area contributed by atoms with Crippen LogP contribution in [0.25, 0.3) is 0 Å². The summed E-state index contributed by atoms with van der Waals surface area (Å²) in [7, 11) is -2.13. The van der Waals surface area contributed by atoms with Crippen molar-refractivity contribution < 1.29 is 32.7 Å². The first kappa shape index (κ1) is 30.3. The van der Waals surface area contributed by atoms with Crippen LogP contribution in [0.2, 0.25) is 0 Å². The van der Waals surface area contributed by atoms with E-state index >= 15 is 0 Å². The zero-order chi connectivity index (χ0) is 26.9. The van der Waals surface area contributed by atoms with E-state index in [-0.39, 0.29) is 31.6 Å². The maximum absolute atomic E-state index is 13.7. The Morgan fingerprint density at radius 3 is 2.28 bits per heavy atom. The van der Waals surface area contributed by atoms with E-state index in [1.54, 1.807) is 25.7 Å². The smallest absolute Gasteiger partial charge is 0.410 e. The molecule has 1 aliphatic rings. The fraction of sp³-hybridized carbons (Fsp3) is 0.692. The van der Waals surface area contributed by atoms with Crippen LogP contribution in [0.4, 0.5) is 4.79 Å². The van der Waals surface area contributed by atoms with Crippen LogP contribution in [0, 0.1) is 5.92 Å². The van der Waals surface area contributed by atoms with E-state index in [4.69, 9.17) is 18.5 Å². The molecule has 1 N–H and O–H groups in total. The Kier molecular flexibility index (Phi) is 11.4. The zero-order valence-electron chi connectivity index (χ0n) is 22.7. The molecule has 0 spiro atoms. The van der Waals surface area contributed by atoms with Crippen LogP contribution in [0.1, 0.15) is 59.9 Å². The maximum atomic E-state index is 13.7. The molecule has 1 aromatic carbocycles. The second kappa shape index (κ2) is 13.6. The van der Waals surface area contributed by atoms with Crippen LogP contribution in [0.3, 0.4) is 0 Å². The second-order valence-corrected chi connectivity index (χ2v) is 12.2. The first-order valence-corrected chi connectivity index (χ1v) is 14.3. The van der Waals surface area contributed by atoms with Gasteiger partial charge in [-0.3, -0.25) is 9.36 Å². The number of likely N-dealkylation sites (tertiary alicyclic amines) is 1. The predicted molar refractivity (Wildman–Crippen MR) is 139 cm³/mol. The third-order valence-corrected chi connectivity index (χ3v) is 8.38. The van der Waals surface area contributed by atoms with Gasteiger partial charge in [0.1, 0.15) is 11.4 Å². The summed E-state index contributed by atoms with van der Waals surface area (Å²) >= 11 is 0. The molecule has 1 heterocycles. The fourth-order valence-corrected chi connectivity index (χ4v) is 6.35. The third-order valence-electron chi connectivity index (χ3n) is 6.07. The molecule has 10 heteroatoms. The Morgan fingerprint density at radius 2 is 1.75 bits per heavy atom. The van der Waals surface area contributed by atoms with Crippen molar-refractivity contribution in [2.24, 2.45) is 5.92 Å². The summed E-state index contributed by atoms with van der Waals surface area (Å²) in [4.78, 5) is 28.0. The number of hydrogen-bond acceptors (Lipinski definition) is 7. The minimum atomic E-state index is -3.66. The number of rotatable bonds is 12. The van der Waals surface area contributed by atoms with Gasteiger partial charge in [-0.1, -0.05) is 37.3 Å². The maximum Gasteiger partial charge on any atom is 0.410 e. The molecule has 0 aromatic heterocycles. The van der Waals surface area contributed by atoms with Crippen LogP contribution in [0.5, 0.6) is 0 Å². The van der Waals surface area contributed by atoms with Gasteiger partial charge < -0.3 is 28.7 Å². The molecule has 1 saturated heterocycles. The number of benzene rings is 1. The number of amides is 2. The van der Waals surface area contributed by atoms with Crippen molar-refractivity contribution in [3.63, 3.8) is 0 Å². The summed E-state index contributed by atoms with van der Waals surface area (Å²) in [5.41, 5.74) is 0.269. The monoisotopic (exact) mass is 526 g/mol. The molecule has 0 radical (unpaired) electrons. The highest BCUT2D eigenvalue weighted by Gasteiger charge is 2.43. The zero-order valence-corrected chi connectivity index (χ0v) is 23.6. The van der Waals surface area contributed by atoms with Gasteiger partial charge >= 0.3 is 13.7 Å². The Bertz CT molecular complexity index is 880. The molecule has 36 heavy (non-hydrogen) atoms.